The van der Waals surface area contributed by atoms with E-state index in [9.17, 15) is 13.2 Å². The number of carboxylic acid groups (broad SMARTS) is 1. The van der Waals surface area contributed by atoms with Gasteiger partial charge in [-0.1, -0.05) is 60.7 Å². The van der Waals surface area contributed by atoms with Crippen LogP contribution < -0.4 is 18.9 Å². The van der Waals surface area contributed by atoms with Crippen LogP contribution in [0.4, 0.5) is 0 Å². The van der Waals surface area contributed by atoms with Gasteiger partial charge in [0.25, 0.3) is 0 Å². The van der Waals surface area contributed by atoms with E-state index in [1.165, 1.54) is 12.1 Å². The number of para-hydroxylation sites is 1. The van der Waals surface area contributed by atoms with Crippen molar-refractivity contribution in [3.05, 3.63) is 126 Å². The Morgan fingerprint density at radius 2 is 1.56 bits per heavy atom. The first kappa shape index (κ1) is 29.6. The Bertz CT molecular complexity index is 1810. The predicted octanol–water partition coefficient (Wildman–Crippen LogP) is 5.38. The number of carboxylic acids is 1. The van der Waals surface area contributed by atoms with Crippen molar-refractivity contribution in [3.63, 3.8) is 0 Å². The number of aromatic nitrogens is 1. The third-order valence-corrected chi connectivity index (χ3v) is 7.95. The first-order chi connectivity index (χ1) is 20.9. The third kappa shape index (κ3) is 8.31. The van der Waals surface area contributed by atoms with Crippen molar-refractivity contribution in [2.75, 3.05) is 13.2 Å². The lowest BCUT2D eigenvalue weighted by Crippen LogP contribution is -2.26. The van der Waals surface area contributed by atoms with Crippen molar-refractivity contribution in [1.29, 1.82) is 0 Å². The highest BCUT2D eigenvalue weighted by atomic mass is 32.2. The lowest BCUT2D eigenvalue weighted by atomic mass is 10.1. The number of nitrogens with zero attached hydrogens (tertiary/aromatic N) is 1. The van der Waals surface area contributed by atoms with Crippen molar-refractivity contribution < 1.29 is 32.5 Å². The number of rotatable bonds is 14. The van der Waals surface area contributed by atoms with Crippen LogP contribution in [0.5, 0.6) is 17.2 Å². The Morgan fingerprint density at radius 1 is 0.767 bits per heavy atom. The van der Waals surface area contributed by atoms with Gasteiger partial charge in [0.05, 0.1) is 16.1 Å². The Kier molecular flexibility index (Phi) is 9.50. The highest BCUT2D eigenvalue weighted by Gasteiger charge is 2.14. The van der Waals surface area contributed by atoms with Gasteiger partial charge >= 0.3 is 5.97 Å². The molecule has 0 spiro atoms. The van der Waals surface area contributed by atoms with Gasteiger partial charge in [-0.05, 0) is 60.0 Å². The fourth-order valence-electron chi connectivity index (χ4n) is 4.35. The van der Waals surface area contributed by atoms with Gasteiger partial charge in [0.2, 0.25) is 10.0 Å². The molecule has 0 fully saturated rings. The van der Waals surface area contributed by atoms with E-state index in [1.807, 2.05) is 60.7 Å². The van der Waals surface area contributed by atoms with E-state index in [4.69, 9.17) is 19.3 Å². The molecule has 1 heterocycles. The number of pyridine rings is 1. The molecule has 10 heteroatoms. The Balaban J connectivity index is 1.24. The molecule has 0 atom stereocenters. The summed E-state index contributed by atoms with van der Waals surface area (Å²) in [6.45, 7) is 0.133. The molecule has 5 rings (SSSR count). The van der Waals surface area contributed by atoms with E-state index >= 15 is 0 Å². The number of sulfonamides is 1. The van der Waals surface area contributed by atoms with Crippen molar-refractivity contribution >= 4 is 26.9 Å². The largest absolute Gasteiger partial charge is 0.488 e. The SMILES string of the molecule is O=C(O)COc1ccc(CCNS(=O)(=O)c2ccccc2)c(OCc2cccc(OCc3ccc4ccccc4n3)c2)c1. The molecule has 1 aromatic heterocycles. The van der Waals surface area contributed by atoms with Gasteiger partial charge in [0, 0.05) is 18.0 Å². The molecule has 0 saturated heterocycles. The van der Waals surface area contributed by atoms with Gasteiger partial charge in [0.1, 0.15) is 30.5 Å². The molecule has 0 radical (unpaired) electrons. The Morgan fingerprint density at radius 3 is 2.40 bits per heavy atom. The maximum absolute atomic E-state index is 12.6. The zero-order valence-electron chi connectivity index (χ0n) is 23.2. The van der Waals surface area contributed by atoms with Crippen LogP contribution in [0.1, 0.15) is 16.8 Å². The molecule has 0 bridgehead atoms. The molecule has 0 aliphatic heterocycles. The second-order valence-corrected chi connectivity index (χ2v) is 11.4. The van der Waals surface area contributed by atoms with E-state index in [1.54, 1.807) is 36.4 Å². The minimum absolute atomic E-state index is 0.134. The molecule has 2 N–H and O–H groups in total. The predicted molar refractivity (Wildman–Crippen MR) is 162 cm³/mol. The summed E-state index contributed by atoms with van der Waals surface area (Å²) < 4.78 is 45.3. The molecule has 43 heavy (non-hydrogen) atoms. The molecule has 0 unspecified atom stereocenters. The number of hydrogen-bond donors (Lipinski definition) is 2. The number of hydrogen-bond acceptors (Lipinski definition) is 7. The molecule has 0 saturated carbocycles. The number of ether oxygens (including phenoxy) is 3. The van der Waals surface area contributed by atoms with Crippen molar-refractivity contribution in [1.82, 2.24) is 9.71 Å². The van der Waals surface area contributed by atoms with E-state index in [2.05, 4.69) is 9.71 Å². The topological polar surface area (TPSA) is 124 Å². The molecule has 0 aliphatic carbocycles. The third-order valence-electron chi connectivity index (χ3n) is 6.48. The summed E-state index contributed by atoms with van der Waals surface area (Å²) in [7, 11) is -3.67. The van der Waals surface area contributed by atoms with Crippen molar-refractivity contribution in [2.45, 2.75) is 24.5 Å². The van der Waals surface area contributed by atoms with E-state index < -0.39 is 22.6 Å². The average Bonchev–Trinajstić information content (AvgIpc) is 3.03. The van der Waals surface area contributed by atoms with Crippen LogP contribution in [0.25, 0.3) is 10.9 Å². The van der Waals surface area contributed by atoms with E-state index in [-0.39, 0.29) is 18.0 Å². The van der Waals surface area contributed by atoms with E-state index in [0.29, 0.717) is 30.3 Å². The molecule has 0 amide bonds. The van der Waals surface area contributed by atoms with Crippen LogP contribution in [0.2, 0.25) is 0 Å². The fraction of sp³-hybridized carbons (Fsp3) is 0.152. The van der Waals surface area contributed by atoms with Crippen LogP contribution >= 0.6 is 0 Å². The molecular formula is C33H30N2O7S. The van der Waals surface area contributed by atoms with Gasteiger partial charge in [-0.15, -0.1) is 0 Å². The summed E-state index contributed by atoms with van der Waals surface area (Å²) in [5.74, 6) is 0.335. The monoisotopic (exact) mass is 598 g/mol. The highest BCUT2D eigenvalue weighted by molar-refractivity contribution is 7.89. The number of aliphatic carboxylic acids is 1. The normalized spacial score (nSPS) is 11.3. The van der Waals surface area contributed by atoms with Gasteiger partial charge in [-0.3, -0.25) is 0 Å². The fourth-order valence-corrected chi connectivity index (χ4v) is 5.40. The maximum atomic E-state index is 12.6. The molecule has 5 aromatic rings. The van der Waals surface area contributed by atoms with Crippen LogP contribution in [-0.4, -0.2) is 37.6 Å². The first-order valence-corrected chi connectivity index (χ1v) is 15.1. The Labute approximate surface area is 249 Å². The summed E-state index contributed by atoms with van der Waals surface area (Å²) in [5, 5.41) is 10.1. The van der Waals surface area contributed by atoms with Crippen molar-refractivity contribution in [2.24, 2.45) is 0 Å². The quantitative estimate of drug-likeness (QED) is 0.175. The second-order valence-electron chi connectivity index (χ2n) is 9.63. The van der Waals surface area contributed by atoms with Crippen LogP contribution in [0.3, 0.4) is 0 Å². The second kappa shape index (κ2) is 13.8. The first-order valence-electron chi connectivity index (χ1n) is 13.6. The van der Waals surface area contributed by atoms with Gasteiger partial charge in [0.15, 0.2) is 6.61 Å². The average molecular weight is 599 g/mol. The standard InChI is InChI=1S/C33H30N2O7S/c36-33(37)23-41-29-16-14-26(17-18-34-43(38,39)30-10-2-1-3-11-30)32(20-29)42-21-24-7-6-9-28(19-24)40-22-27-15-13-25-8-4-5-12-31(25)35-27/h1-16,19-20,34H,17-18,21-23H2,(H,36,37). The van der Waals surface area contributed by atoms with Gasteiger partial charge < -0.3 is 19.3 Å². The Hall–Kier alpha value is -4.93. The zero-order valence-corrected chi connectivity index (χ0v) is 24.0. The maximum Gasteiger partial charge on any atom is 0.341 e. The van der Waals surface area contributed by atoms with E-state index in [0.717, 1.165) is 27.7 Å². The van der Waals surface area contributed by atoms with Crippen LogP contribution in [-0.2, 0) is 34.5 Å². The number of fused-ring (bicyclic) bond motifs is 1. The smallest absolute Gasteiger partial charge is 0.341 e. The van der Waals surface area contributed by atoms with Gasteiger partial charge in [-0.25, -0.2) is 22.9 Å². The number of carbonyl (C=O) groups is 1. The van der Waals surface area contributed by atoms with Crippen LogP contribution in [0.15, 0.2) is 114 Å². The minimum atomic E-state index is -3.67. The minimum Gasteiger partial charge on any atom is -0.488 e. The van der Waals surface area contributed by atoms with Crippen molar-refractivity contribution in [3.8, 4) is 17.2 Å². The summed E-state index contributed by atoms with van der Waals surface area (Å²) >= 11 is 0. The highest BCUT2D eigenvalue weighted by Crippen LogP contribution is 2.27. The summed E-state index contributed by atoms with van der Waals surface area (Å²) in [5.41, 5.74) is 3.29. The van der Waals surface area contributed by atoms with Gasteiger partial charge in [-0.2, -0.15) is 0 Å². The number of benzene rings is 4. The zero-order chi connectivity index (χ0) is 30.1. The summed E-state index contributed by atoms with van der Waals surface area (Å²) in [6.07, 6.45) is 0.336. The molecule has 4 aromatic carbocycles. The molecule has 9 nitrogen and oxygen atoms in total. The molecule has 220 valence electrons. The number of nitrogens with one attached hydrogen (secondary N) is 1. The lowest BCUT2D eigenvalue weighted by molar-refractivity contribution is -0.139. The van der Waals surface area contributed by atoms with Crippen LogP contribution in [0, 0.1) is 0 Å². The molecule has 0 aliphatic rings. The summed E-state index contributed by atoms with van der Waals surface area (Å²) in [4.78, 5) is 15.8. The summed E-state index contributed by atoms with van der Waals surface area (Å²) in [6, 6.07) is 32.5. The molecular weight excluding hydrogens is 568 g/mol. The lowest BCUT2D eigenvalue weighted by Gasteiger charge is -2.15.